The predicted molar refractivity (Wildman–Crippen MR) is 77.7 cm³/mol. The summed E-state index contributed by atoms with van der Waals surface area (Å²) in [5, 5.41) is 4.78. The molecule has 2 aromatic carbocycles. The van der Waals surface area contributed by atoms with Crippen LogP contribution in [-0.2, 0) is 12.8 Å². The number of fused-ring (bicyclic) bond motifs is 1. The molecule has 0 amide bonds. The zero-order valence-corrected chi connectivity index (χ0v) is 11.3. The van der Waals surface area contributed by atoms with E-state index in [0.717, 1.165) is 12.8 Å². The van der Waals surface area contributed by atoms with Gasteiger partial charge in [0.15, 0.2) is 0 Å². The average molecular weight is 278 g/mol. The Bertz CT molecular complexity index is 555. The molecule has 2 aromatic rings. The van der Waals surface area contributed by atoms with Crippen molar-refractivity contribution < 1.29 is 0 Å². The molecular weight excluding hydrogens is 265 g/mol. The third-order valence-corrected chi connectivity index (χ3v) is 4.05. The maximum absolute atomic E-state index is 6.04. The fourth-order valence-electron chi connectivity index (χ4n) is 2.45. The van der Waals surface area contributed by atoms with Gasteiger partial charge in [-0.25, -0.2) is 0 Å². The van der Waals surface area contributed by atoms with E-state index in [2.05, 4.69) is 29.6 Å². The molecule has 1 unspecified atom stereocenters. The van der Waals surface area contributed by atoms with Crippen molar-refractivity contribution >= 4 is 28.9 Å². The van der Waals surface area contributed by atoms with Crippen molar-refractivity contribution in [1.82, 2.24) is 0 Å². The normalized spacial score (nSPS) is 17.3. The van der Waals surface area contributed by atoms with Gasteiger partial charge in [0.2, 0.25) is 0 Å². The third-order valence-electron chi connectivity index (χ3n) is 3.31. The molecule has 0 aliphatic carbocycles. The van der Waals surface area contributed by atoms with Crippen LogP contribution in [0.1, 0.15) is 11.1 Å². The van der Waals surface area contributed by atoms with Crippen LogP contribution in [0, 0.1) is 0 Å². The molecule has 3 rings (SSSR count). The van der Waals surface area contributed by atoms with Gasteiger partial charge in [-0.3, -0.25) is 0 Å². The molecule has 1 heterocycles. The molecule has 1 aliphatic heterocycles. The van der Waals surface area contributed by atoms with Gasteiger partial charge in [0, 0.05) is 11.7 Å². The van der Waals surface area contributed by atoms with Crippen LogP contribution in [0.5, 0.6) is 0 Å². The molecule has 0 saturated heterocycles. The summed E-state index contributed by atoms with van der Waals surface area (Å²) in [6.07, 6.45) is 2.03. The molecule has 1 N–H and O–H groups in total. The maximum atomic E-state index is 6.04. The van der Waals surface area contributed by atoms with Crippen LogP contribution < -0.4 is 5.32 Å². The first-order valence-corrected chi connectivity index (χ1v) is 6.76. The van der Waals surface area contributed by atoms with Gasteiger partial charge in [-0.05, 0) is 42.2 Å². The van der Waals surface area contributed by atoms with E-state index in [9.17, 15) is 0 Å². The van der Waals surface area contributed by atoms with E-state index in [0.29, 0.717) is 16.1 Å². The average Bonchev–Trinajstić information content (AvgIpc) is 2.76. The molecule has 0 fully saturated rings. The van der Waals surface area contributed by atoms with Crippen molar-refractivity contribution in [2.45, 2.75) is 18.9 Å². The standard InChI is InChI=1S/C15H13Cl2N/c16-13-6-5-10(8-14(13)17)7-12-9-11-3-1-2-4-15(11)18-12/h1-6,8,12,18H,7,9H2. The number of hydrogen-bond acceptors (Lipinski definition) is 1. The monoisotopic (exact) mass is 277 g/mol. The quantitative estimate of drug-likeness (QED) is 0.848. The number of anilines is 1. The lowest BCUT2D eigenvalue weighted by Gasteiger charge is -2.11. The molecule has 18 heavy (non-hydrogen) atoms. The number of hydrogen-bond donors (Lipinski definition) is 1. The predicted octanol–water partition coefficient (Wildman–Crippen LogP) is 4.57. The van der Waals surface area contributed by atoms with Crippen LogP contribution in [0.15, 0.2) is 42.5 Å². The Kier molecular flexibility index (Phi) is 3.19. The molecule has 92 valence electrons. The number of rotatable bonds is 2. The SMILES string of the molecule is Clc1ccc(CC2Cc3ccccc3N2)cc1Cl. The summed E-state index contributed by atoms with van der Waals surface area (Å²) in [6.45, 7) is 0. The Morgan fingerprint density at radius 2 is 1.89 bits per heavy atom. The minimum absolute atomic E-state index is 0.444. The van der Waals surface area contributed by atoms with Crippen LogP contribution in [0.4, 0.5) is 5.69 Å². The Labute approximate surface area is 117 Å². The topological polar surface area (TPSA) is 12.0 Å². The van der Waals surface area contributed by atoms with Crippen LogP contribution in [-0.4, -0.2) is 6.04 Å². The van der Waals surface area contributed by atoms with E-state index < -0.39 is 0 Å². The minimum atomic E-state index is 0.444. The molecule has 3 heteroatoms. The number of para-hydroxylation sites is 1. The molecule has 1 aliphatic rings. The lowest BCUT2D eigenvalue weighted by molar-refractivity contribution is 0.746. The Morgan fingerprint density at radius 3 is 2.67 bits per heavy atom. The lowest BCUT2D eigenvalue weighted by atomic mass is 10.0. The van der Waals surface area contributed by atoms with Gasteiger partial charge in [0.25, 0.3) is 0 Å². The molecule has 0 aromatic heterocycles. The minimum Gasteiger partial charge on any atom is -0.381 e. The number of halogens is 2. The highest BCUT2D eigenvalue weighted by molar-refractivity contribution is 6.42. The summed E-state index contributed by atoms with van der Waals surface area (Å²) in [5.41, 5.74) is 3.86. The second-order valence-electron chi connectivity index (χ2n) is 4.66. The highest BCUT2D eigenvalue weighted by Gasteiger charge is 2.20. The van der Waals surface area contributed by atoms with Crippen LogP contribution in [0.3, 0.4) is 0 Å². The second-order valence-corrected chi connectivity index (χ2v) is 5.47. The summed E-state index contributed by atoms with van der Waals surface area (Å²) in [6, 6.07) is 14.8. The van der Waals surface area contributed by atoms with Crippen molar-refractivity contribution in [2.24, 2.45) is 0 Å². The molecule has 1 nitrogen and oxygen atoms in total. The van der Waals surface area contributed by atoms with Gasteiger partial charge < -0.3 is 5.32 Å². The first-order valence-electron chi connectivity index (χ1n) is 6.01. The summed E-state index contributed by atoms with van der Waals surface area (Å²) in [7, 11) is 0. The summed E-state index contributed by atoms with van der Waals surface area (Å²) < 4.78 is 0. The van der Waals surface area contributed by atoms with E-state index in [1.165, 1.54) is 16.8 Å². The summed E-state index contributed by atoms with van der Waals surface area (Å²) in [4.78, 5) is 0. The second kappa shape index (κ2) is 4.83. The van der Waals surface area contributed by atoms with Gasteiger partial charge in [-0.15, -0.1) is 0 Å². The molecular formula is C15H13Cl2N. The smallest absolute Gasteiger partial charge is 0.0595 e. The molecule has 1 atom stereocenters. The fourth-order valence-corrected chi connectivity index (χ4v) is 2.77. The largest absolute Gasteiger partial charge is 0.381 e. The zero-order valence-electron chi connectivity index (χ0n) is 9.79. The van der Waals surface area contributed by atoms with Gasteiger partial charge in [0.05, 0.1) is 10.0 Å². The van der Waals surface area contributed by atoms with Crippen molar-refractivity contribution in [3.05, 3.63) is 63.6 Å². The van der Waals surface area contributed by atoms with Gasteiger partial charge >= 0.3 is 0 Å². The third kappa shape index (κ3) is 2.33. The summed E-state index contributed by atoms with van der Waals surface area (Å²) >= 11 is 12.0. The molecule has 0 radical (unpaired) electrons. The first-order chi connectivity index (χ1) is 8.72. The maximum Gasteiger partial charge on any atom is 0.0595 e. The highest BCUT2D eigenvalue weighted by Crippen LogP contribution is 2.28. The Balaban J connectivity index is 1.74. The molecule has 0 spiro atoms. The van der Waals surface area contributed by atoms with Gasteiger partial charge in [-0.1, -0.05) is 47.5 Å². The summed E-state index contributed by atoms with van der Waals surface area (Å²) in [5.74, 6) is 0. The Hall–Kier alpha value is -1.18. The fraction of sp³-hybridized carbons (Fsp3) is 0.200. The first kappa shape index (κ1) is 11.9. The van der Waals surface area contributed by atoms with E-state index in [4.69, 9.17) is 23.2 Å². The van der Waals surface area contributed by atoms with Crippen molar-refractivity contribution in [1.29, 1.82) is 0 Å². The van der Waals surface area contributed by atoms with Crippen LogP contribution in [0.2, 0.25) is 10.0 Å². The van der Waals surface area contributed by atoms with Gasteiger partial charge in [-0.2, -0.15) is 0 Å². The van der Waals surface area contributed by atoms with E-state index in [1.807, 2.05) is 18.2 Å². The molecule has 0 bridgehead atoms. The van der Waals surface area contributed by atoms with E-state index in [1.54, 1.807) is 0 Å². The zero-order chi connectivity index (χ0) is 12.5. The van der Waals surface area contributed by atoms with E-state index >= 15 is 0 Å². The van der Waals surface area contributed by atoms with Crippen molar-refractivity contribution in [2.75, 3.05) is 5.32 Å². The molecule has 0 saturated carbocycles. The van der Waals surface area contributed by atoms with Crippen LogP contribution in [0.25, 0.3) is 0 Å². The highest BCUT2D eigenvalue weighted by atomic mass is 35.5. The van der Waals surface area contributed by atoms with Crippen molar-refractivity contribution in [3.63, 3.8) is 0 Å². The van der Waals surface area contributed by atoms with Crippen LogP contribution >= 0.6 is 23.2 Å². The van der Waals surface area contributed by atoms with E-state index in [-0.39, 0.29) is 0 Å². The number of nitrogens with one attached hydrogen (secondary N) is 1. The Morgan fingerprint density at radius 1 is 1.06 bits per heavy atom. The number of benzene rings is 2. The lowest BCUT2D eigenvalue weighted by Crippen LogP contribution is -2.18. The van der Waals surface area contributed by atoms with Gasteiger partial charge in [0.1, 0.15) is 0 Å². The van der Waals surface area contributed by atoms with Crippen molar-refractivity contribution in [3.8, 4) is 0 Å².